The van der Waals surface area contributed by atoms with Crippen molar-refractivity contribution in [2.24, 2.45) is 0 Å². The van der Waals surface area contributed by atoms with Crippen molar-refractivity contribution in [3.8, 4) is 11.9 Å². The van der Waals surface area contributed by atoms with Gasteiger partial charge in [0, 0.05) is 25.2 Å². The first-order chi connectivity index (χ1) is 7.36. The van der Waals surface area contributed by atoms with Gasteiger partial charge in [0.1, 0.15) is 0 Å². The topological polar surface area (TPSA) is 57.9 Å². The van der Waals surface area contributed by atoms with Crippen molar-refractivity contribution in [2.75, 3.05) is 13.7 Å². The summed E-state index contributed by atoms with van der Waals surface area (Å²) in [4.78, 5) is 4.02. The number of rotatable bonds is 6. The fraction of sp³-hybridized carbons (Fsp3) is 0.455. The number of aromatic nitrogens is 1. The van der Waals surface area contributed by atoms with Crippen LogP contribution in [-0.4, -0.2) is 18.6 Å². The first kappa shape index (κ1) is 11.5. The van der Waals surface area contributed by atoms with Crippen LogP contribution in [0.3, 0.4) is 0 Å². The summed E-state index contributed by atoms with van der Waals surface area (Å²) in [5, 5.41) is 11.6. The van der Waals surface area contributed by atoms with Crippen molar-refractivity contribution in [1.29, 1.82) is 5.26 Å². The number of hydrogen-bond donors (Lipinski definition) is 1. The lowest BCUT2D eigenvalue weighted by molar-refractivity contribution is 0.397. The monoisotopic (exact) mass is 205 g/mol. The number of nitrogens with one attached hydrogen (secondary N) is 1. The Hall–Kier alpha value is -1.60. The van der Waals surface area contributed by atoms with E-state index >= 15 is 0 Å². The van der Waals surface area contributed by atoms with E-state index in [4.69, 9.17) is 10.00 Å². The number of methoxy groups -OCH3 is 1. The summed E-state index contributed by atoms with van der Waals surface area (Å²) in [6, 6.07) is 5.96. The van der Waals surface area contributed by atoms with Gasteiger partial charge < -0.3 is 10.1 Å². The van der Waals surface area contributed by atoms with Crippen molar-refractivity contribution < 1.29 is 4.74 Å². The van der Waals surface area contributed by atoms with Crippen molar-refractivity contribution >= 4 is 0 Å². The maximum absolute atomic E-state index is 8.35. The molecule has 0 atom stereocenters. The molecule has 80 valence electrons. The lowest BCUT2D eigenvalue weighted by Gasteiger charge is -2.04. The minimum absolute atomic E-state index is 0.604. The molecule has 1 N–H and O–H groups in total. The molecule has 0 saturated heterocycles. The minimum atomic E-state index is 0.604. The number of nitrogens with zero attached hydrogens (tertiary/aromatic N) is 2. The molecule has 1 aromatic rings. The van der Waals surface area contributed by atoms with Crippen molar-refractivity contribution in [3.63, 3.8) is 0 Å². The summed E-state index contributed by atoms with van der Waals surface area (Å²) in [7, 11) is 1.60. The molecule has 15 heavy (non-hydrogen) atoms. The van der Waals surface area contributed by atoms with Gasteiger partial charge in [0.15, 0.2) is 0 Å². The molecule has 0 unspecified atom stereocenters. The van der Waals surface area contributed by atoms with Gasteiger partial charge in [-0.05, 0) is 24.6 Å². The van der Waals surface area contributed by atoms with Gasteiger partial charge in [0.25, 0.3) is 0 Å². The first-order valence-electron chi connectivity index (χ1n) is 4.93. The maximum Gasteiger partial charge on any atom is 0.213 e. The summed E-state index contributed by atoms with van der Waals surface area (Å²) >= 11 is 0. The number of pyridine rings is 1. The molecule has 0 fully saturated rings. The molecular formula is C11H15N3O. The highest BCUT2D eigenvalue weighted by molar-refractivity contribution is 5.20. The molecule has 0 aliphatic rings. The van der Waals surface area contributed by atoms with E-state index < -0.39 is 0 Å². The summed E-state index contributed by atoms with van der Waals surface area (Å²) in [5.41, 5.74) is 1.14. The molecule has 0 bridgehead atoms. The zero-order chi connectivity index (χ0) is 10.9. The quantitative estimate of drug-likeness (QED) is 0.715. The van der Waals surface area contributed by atoms with Gasteiger partial charge in [-0.25, -0.2) is 4.98 Å². The molecule has 0 aliphatic heterocycles. The van der Waals surface area contributed by atoms with E-state index in [9.17, 15) is 0 Å². The summed E-state index contributed by atoms with van der Waals surface area (Å²) < 4.78 is 5.02. The van der Waals surface area contributed by atoms with Crippen LogP contribution in [0.1, 0.15) is 18.4 Å². The molecule has 0 aromatic carbocycles. The number of hydrogen-bond acceptors (Lipinski definition) is 4. The van der Waals surface area contributed by atoms with E-state index in [2.05, 4.69) is 16.4 Å². The van der Waals surface area contributed by atoms with Gasteiger partial charge in [0.05, 0.1) is 13.2 Å². The minimum Gasteiger partial charge on any atom is -0.481 e. The largest absolute Gasteiger partial charge is 0.481 e. The first-order valence-corrected chi connectivity index (χ1v) is 4.93. The van der Waals surface area contributed by atoms with Crippen LogP contribution in [0.5, 0.6) is 5.88 Å². The van der Waals surface area contributed by atoms with E-state index in [1.165, 1.54) is 0 Å². The van der Waals surface area contributed by atoms with Crippen molar-refractivity contribution in [1.82, 2.24) is 10.3 Å². The average Bonchev–Trinajstić information content (AvgIpc) is 2.29. The molecule has 1 heterocycles. The molecule has 4 heteroatoms. The molecule has 0 amide bonds. The zero-order valence-electron chi connectivity index (χ0n) is 8.86. The van der Waals surface area contributed by atoms with E-state index in [1.54, 1.807) is 13.3 Å². The van der Waals surface area contributed by atoms with E-state index in [1.807, 2.05) is 12.1 Å². The zero-order valence-corrected chi connectivity index (χ0v) is 8.86. The van der Waals surface area contributed by atoms with Crippen LogP contribution in [0.4, 0.5) is 0 Å². The summed E-state index contributed by atoms with van der Waals surface area (Å²) in [6.07, 6.45) is 3.22. The smallest absolute Gasteiger partial charge is 0.213 e. The number of unbranched alkanes of at least 4 members (excludes halogenated alkanes) is 1. The molecule has 1 rings (SSSR count). The second-order valence-corrected chi connectivity index (χ2v) is 3.14. The molecule has 0 aliphatic carbocycles. The van der Waals surface area contributed by atoms with E-state index in [-0.39, 0.29) is 0 Å². The predicted molar refractivity (Wildman–Crippen MR) is 57.3 cm³/mol. The summed E-state index contributed by atoms with van der Waals surface area (Å²) in [5.74, 6) is 0.631. The Balaban J connectivity index is 2.28. The predicted octanol–water partition coefficient (Wildman–Crippen LogP) is 1.48. The SMILES string of the molecule is COc1cc(CNCCCC#N)ccn1. The number of nitriles is 1. The van der Waals surface area contributed by atoms with Gasteiger partial charge in [-0.1, -0.05) is 0 Å². The highest BCUT2D eigenvalue weighted by Gasteiger charge is 1.96. The molecule has 0 radical (unpaired) electrons. The third-order valence-electron chi connectivity index (χ3n) is 1.98. The Morgan fingerprint density at radius 2 is 2.47 bits per heavy atom. The van der Waals surface area contributed by atoms with Crippen LogP contribution in [0, 0.1) is 11.3 Å². The Bertz CT molecular complexity index is 333. The Labute approximate surface area is 89.9 Å². The lowest BCUT2D eigenvalue weighted by Crippen LogP contribution is -2.14. The highest BCUT2D eigenvalue weighted by Crippen LogP contribution is 2.07. The third kappa shape index (κ3) is 4.43. The van der Waals surface area contributed by atoms with Crippen LogP contribution < -0.4 is 10.1 Å². The van der Waals surface area contributed by atoms with Crippen molar-refractivity contribution in [2.45, 2.75) is 19.4 Å². The highest BCUT2D eigenvalue weighted by atomic mass is 16.5. The fourth-order valence-electron chi connectivity index (χ4n) is 1.20. The molecular weight excluding hydrogens is 190 g/mol. The van der Waals surface area contributed by atoms with Gasteiger partial charge in [-0.2, -0.15) is 5.26 Å². The van der Waals surface area contributed by atoms with Gasteiger partial charge in [-0.3, -0.25) is 0 Å². The van der Waals surface area contributed by atoms with Crippen LogP contribution >= 0.6 is 0 Å². The van der Waals surface area contributed by atoms with Crippen molar-refractivity contribution in [3.05, 3.63) is 23.9 Å². The Kier molecular flexibility index (Phi) is 5.20. The Morgan fingerprint density at radius 1 is 1.60 bits per heavy atom. The van der Waals surface area contributed by atoms with Gasteiger partial charge in [0.2, 0.25) is 5.88 Å². The fourth-order valence-corrected chi connectivity index (χ4v) is 1.20. The third-order valence-corrected chi connectivity index (χ3v) is 1.98. The molecule has 1 aromatic heterocycles. The van der Waals surface area contributed by atoms with Crippen LogP contribution in [0.25, 0.3) is 0 Å². The lowest BCUT2D eigenvalue weighted by atomic mass is 10.2. The Morgan fingerprint density at radius 3 is 3.20 bits per heavy atom. The molecule has 0 spiro atoms. The van der Waals surface area contributed by atoms with E-state index in [0.29, 0.717) is 12.3 Å². The second kappa shape index (κ2) is 6.80. The normalized spacial score (nSPS) is 9.60. The van der Waals surface area contributed by atoms with Crippen LogP contribution in [0.2, 0.25) is 0 Å². The molecule has 0 saturated carbocycles. The van der Waals surface area contributed by atoms with Crippen LogP contribution in [0.15, 0.2) is 18.3 Å². The average molecular weight is 205 g/mol. The van der Waals surface area contributed by atoms with Gasteiger partial charge >= 0.3 is 0 Å². The second-order valence-electron chi connectivity index (χ2n) is 3.14. The number of ether oxygens (including phenoxy) is 1. The van der Waals surface area contributed by atoms with E-state index in [0.717, 1.165) is 25.1 Å². The summed E-state index contributed by atoms with van der Waals surface area (Å²) in [6.45, 7) is 1.64. The molecule has 4 nitrogen and oxygen atoms in total. The van der Waals surface area contributed by atoms with Crippen LogP contribution in [-0.2, 0) is 6.54 Å². The maximum atomic E-state index is 8.35. The standard InChI is InChI=1S/C11H15N3O/c1-15-11-8-10(4-7-14-11)9-13-6-3-2-5-12/h4,7-8,13H,2-3,6,9H2,1H3. The van der Waals surface area contributed by atoms with Gasteiger partial charge in [-0.15, -0.1) is 0 Å².